The lowest BCUT2D eigenvalue weighted by Crippen LogP contribution is -2.30. The average molecular weight is 316 g/mol. The molecule has 1 N–H and O–H groups in total. The van der Waals surface area contributed by atoms with Gasteiger partial charge in [0.1, 0.15) is 5.75 Å². The van der Waals surface area contributed by atoms with Crippen molar-refractivity contribution in [2.45, 2.75) is 32.3 Å². The number of nitrogens with one attached hydrogen (secondary N) is 1. The van der Waals surface area contributed by atoms with E-state index >= 15 is 0 Å². The van der Waals surface area contributed by atoms with Gasteiger partial charge in [-0.1, -0.05) is 17.7 Å². The number of amides is 1. The van der Waals surface area contributed by atoms with E-state index in [2.05, 4.69) is 17.4 Å². The first-order valence-electron chi connectivity index (χ1n) is 7.47. The van der Waals surface area contributed by atoms with Gasteiger partial charge >= 0.3 is 0 Å². The summed E-state index contributed by atoms with van der Waals surface area (Å²) in [6.07, 6.45) is 2.85. The first-order valence-corrected chi connectivity index (χ1v) is 7.84. The molecule has 0 heterocycles. The van der Waals surface area contributed by atoms with Crippen LogP contribution in [0.15, 0.2) is 42.5 Å². The molecule has 0 saturated heterocycles. The van der Waals surface area contributed by atoms with E-state index in [1.54, 1.807) is 31.2 Å². The summed E-state index contributed by atoms with van der Waals surface area (Å²) in [6, 6.07) is 13.1. The number of ether oxygens (including phenoxy) is 1. The molecular formula is C18H18ClNO2. The number of hydrogen-bond donors (Lipinski definition) is 1. The van der Waals surface area contributed by atoms with Crippen LogP contribution in [0.2, 0.25) is 5.02 Å². The van der Waals surface area contributed by atoms with Crippen LogP contribution in [0.1, 0.15) is 24.5 Å². The topological polar surface area (TPSA) is 38.3 Å². The maximum absolute atomic E-state index is 12.2. The third-order valence-electron chi connectivity index (χ3n) is 3.86. The Kier molecular flexibility index (Phi) is 4.34. The van der Waals surface area contributed by atoms with E-state index in [1.807, 2.05) is 6.07 Å². The van der Waals surface area contributed by atoms with Crippen molar-refractivity contribution in [3.8, 4) is 5.75 Å². The summed E-state index contributed by atoms with van der Waals surface area (Å²) >= 11 is 5.83. The molecule has 0 aromatic heterocycles. The Hall–Kier alpha value is -2.00. The number of carbonyl (C=O) groups excluding carboxylic acids is 1. The van der Waals surface area contributed by atoms with Crippen molar-refractivity contribution in [1.82, 2.24) is 0 Å². The largest absolute Gasteiger partial charge is 0.481 e. The quantitative estimate of drug-likeness (QED) is 0.916. The summed E-state index contributed by atoms with van der Waals surface area (Å²) in [4.78, 5) is 12.2. The van der Waals surface area contributed by atoms with Crippen LogP contribution in [0.3, 0.4) is 0 Å². The smallest absolute Gasteiger partial charge is 0.265 e. The average Bonchev–Trinajstić information content (AvgIpc) is 2.97. The van der Waals surface area contributed by atoms with E-state index < -0.39 is 6.10 Å². The molecule has 0 unspecified atom stereocenters. The molecule has 1 atom stereocenters. The Labute approximate surface area is 135 Å². The van der Waals surface area contributed by atoms with Crippen LogP contribution in [0.5, 0.6) is 5.75 Å². The van der Waals surface area contributed by atoms with Gasteiger partial charge in [0.15, 0.2) is 6.10 Å². The van der Waals surface area contributed by atoms with Crippen molar-refractivity contribution in [1.29, 1.82) is 0 Å². The molecule has 114 valence electrons. The highest BCUT2D eigenvalue weighted by atomic mass is 35.5. The molecule has 0 fully saturated rings. The van der Waals surface area contributed by atoms with Crippen molar-refractivity contribution in [2.24, 2.45) is 0 Å². The lowest BCUT2D eigenvalue weighted by atomic mass is 10.1. The van der Waals surface area contributed by atoms with Crippen LogP contribution in [-0.4, -0.2) is 12.0 Å². The highest BCUT2D eigenvalue weighted by Gasteiger charge is 2.16. The molecule has 2 aromatic rings. The Morgan fingerprint density at radius 2 is 1.86 bits per heavy atom. The number of fused-ring (bicyclic) bond motifs is 1. The van der Waals surface area contributed by atoms with Crippen LogP contribution < -0.4 is 10.1 Å². The second-order valence-corrected chi connectivity index (χ2v) is 5.98. The van der Waals surface area contributed by atoms with E-state index in [0.29, 0.717) is 10.8 Å². The molecule has 0 spiro atoms. The fraction of sp³-hybridized carbons (Fsp3) is 0.278. The van der Waals surface area contributed by atoms with Gasteiger partial charge in [-0.3, -0.25) is 4.79 Å². The number of anilines is 1. The maximum atomic E-state index is 12.2. The zero-order valence-electron chi connectivity index (χ0n) is 12.4. The van der Waals surface area contributed by atoms with E-state index in [0.717, 1.165) is 18.5 Å². The minimum absolute atomic E-state index is 0.159. The number of hydrogen-bond acceptors (Lipinski definition) is 2. The zero-order valence-corrected chi connectivity index (χ0v) is 13.2. The molecule has 2 aromatic carbocycles. The molecule has 3 nitrogen and oxygen atoms in total. The summed E-state index contributed by atoms with van der Waals surface area (Å²) in [5.74, 6) is 0.467. The zero-order chi connectivity index (χ0) is 15.5. The number of carbonyl (C=O) groups is 1. The van der Waals surface area contributed by atoms with E-state index in [1.165, 1.54) is 17.5 Å². The van der Waals surface area contributed by atoms with E-state index in [4.69, 9.17) is 16.3 Å². The summed E-state index contributed by atoms with van der Waals surface area (Å²) in [6.45, 7) is 1.73. The highest BCUT2D eigenvalue weighted by Crippen LogP contribution is 2.25. The van der Waals surface area contributed by atoms with Gasteiger partial charge in [0.05, 0.1) is 0 Å². The molecule has 1 aliphatic rings. The lowest BCUT2D eigenvalue weighted by Gasteiger charge is -2.15. The molecule has 1 amide bonds. The van der Waals surface area contributed by atoms with Crippen molar-refractivity contribution in [3.05, 3.63) is 58.6 Å². The summed E-state index contributed by atoms with van der Waals surface area (Å²) in [7, 11) is 0. The van der Waals surface area contributed by atoms with Gasteiger partial charge in [0.25, 0.3) is 5.91 Å². The van der Waals surface area contributed by atoms with Crippen molar-refractivity contribution < 1.29 is 9.53 Å². The first kappa shape index (κ1) is 14.9. The lowest BCUT2D eigenvalue weighted by molar-refractivity contribution is -0.122. The number of benzene rings is 2. The number of halogens is 1. The Morgan fingerprint density at radius 1 is 1.14 bits per heavy atom. The van der Waals surface area contributed by atoms with Crippen LogP contribution in [0, 0.1) is 0 Å². The summed E-state index contributed by atoms with van der Waals surface area (Å²) in [5, 5.41) is 3.55. The third-order valence-corrected chi connectivity index (χ3v) is 4.11. The molecular weight excluding hydrogens is 298 g/mol. The van der Waals surface area contributed by atoms with Crippen LogP contribution in [0.25, 0.3) is 0 Å². The summed E-state index contributed by atoms with van der Waals surface area (Å²) in [5.41, 5.74) is 3.56. The molecule has 0 saturated carbocycles. The molecule has 1 aliphatic carbocycles. The number of rotatable bonds is 4. The second-order valence-electron chi connectivity index (χ2n) is 5.54. The minimum atomic E-state index is -0.575. The molecule has 0 bridgehead atoms. The maximum Gasteiger partial charge on any atom is 0.265 e. The molecule has 0 aliphatic heterocycles. The highest BCUT2D eigenvalue weighted by molar-refractivity contribution is 6.30. The van der Waals surface area contributed by atoms with Gasteiger partial charge < -0.3 is 10.1 Å². The molecule has 0 radical (unpaired) electrons. The SMILES string of the molecule is C[C@H](Oc1ccc(Cl)cc1)C(=O)Nc1ccc2c(c1)CCC2. The molecule has 3 rings (SSSR count). The van der Waals surface area contributed by atoms with Gasteiger partial charge in [-0.2, -0.15) is 0 Å². The second kappa shape index (κ2) is 6.41. The summed E-state index contributed by atoms with van der Waals surface area (Å²) < 4.78 is 5.63. The van der Waals surface area contributed by atoms with Crippen LogP contribution >= 0.6 is 11.6 Å². The molecule has 4 heteroatoms. The van der Waals surface area contributed by atoms with Crippen LogP contribution in [0.4, 0.5) is 5.69 Å². The Morgan fingerprint density at radius 3 is 2.64 bits per heavy atom. The fourth-order valence-corrected chi connectivity index (χ4v) is 2.79. The Balaban J connectivity index is 1.62. The van der Waals surface area contributed by atoms with Crippen molar-refractivity contribution in [2.75, 3.05) is 5.32 Å². The van der Waals surface area contributed by atoms with Crippen molar-refractivity contribution in [3.63, 3.8) is 0 Å². The fourth-order valence-electron chi connectivity index (χ4n) is 2.66. The predicted octanol–water partition coefficient (Wildman–Crippen LogP) is 4.23. The third kappa shape index (κ3) is 3.42. The molecule has 22 heavy (non-hydrogen) atoms. The Bertz CT molecular complexity index is 682. The van der Waals surface area contributed by atoms with E-state index in [-0.39, 0.29) is 5.91 Å². The van der Waals surface area contributed by atoms with Crippen LogP contribution in [-0.2, 0) is 17.6 Å². The monoisotopic (exact) mass is 315 g/mol. The van der Waals surface area contributed by atoms with Crippen molar-refractivity contribution >= 4 is 23.2 Å². The van der Waals surface area contributed by atoms with E-state index in [9.17, 15) is 4.79 Å². The van der Waals surface area contributed by atoms with Gasteiger partial charge in [-0.15, -0.1) is 0 Å². The van der Waals surface area contributed by atoms with Gasteiger partial charge in [-0.25, -0.2) is 0 Å². The van der Waals surface area contributed by atoms with Gasteiger partial charge in [0.2, 0.25) is 0 Å². The predicted molar refractivity (Wildman–Crippen MR) is 88.6 cm³/mol. The number of aryl methyl sites for hydroxylation is 2. The minimum Gasteiger partial charge on any atom is -0.481 e. The first-order chi connectivity index (χ1) is 10.6. The standard InChI is InChI=1S/C18H18ClNO2/c1-12(22-17-9-6-15(19)7-10-17)18(21)20-16-8-5-13-3-2-4-14(13)11-16/h5-12H,2-4H2,1H3,(H,20,21)/t12-/m0/s1. The normalized spacial score (nSPS) is 14.3. The van der Waals surface area contributed by atoms with Gasteiger partial charge in [0, 0.05) is 10.7 Å². The van der Waals surface area contributed by atoms with Gasteiger partial charge in [-0.05, 0) is 73.7 Å².